The number of hydrogen-bond donors (Lipinski definition) is 2. The molecule has 2 aromatic carbocycles. The first kappa shape index (κ1) is 23.2. The first-order valence-electron chi connectivity index (χ1n) is 10.3. The molecule has 1 aliphatic heterocycles. The molecule has 33 heavy (non-hydrogen) atoms. The quantitative estimate of drug-likeness (QED) is 0.392. The molecule has 0 amide bonds. The van der Waals surface area contributed by atoms with Crippen molar-refractivity contribution in [3.8, 4) is 5.75 Å². The van der Waals surface area contributed by atoms with Gasteiger partial charge in [0, 0.05) is 36.2 Å². The second-order valence-corrected chi connectivity index (χ2v) is 8.51. The van der Waals surface area contributed by atoms with Crippen molar-refractivity contribution in [2.75, 3.05) is 24.9 Å². The monoisotopic (exact) mass is 474 g/mol. The zero-order chi connectivity index (χ0) is 23.8. The van der Waals surface area contributed by atoms with E-state index in [0.717, 1.165) is 5.69 Å². The van der Waals surface area contributed by atoms with Gasteiger partial charge in [-0.1, -0.05) is 11.6 Å². The number of hydrogen-bond acceptors (Lipinski definition) is 9. The second kappa shape index (κ2) is 9.14. The number of benzene rings is 2. The van der Waals surface area contributed by atoms with Crippen LogP contribution in [0.15, 0.2) is 42.5 Å². The van der Waals surface area contributed by atoms with Gasteiger partial charge in [-0.25, -0.2) is 0 Å². The highest BCUT2D eigenvalue weighted by Gasteiger charge is 2.54. The summed E-state index contributed by atoms with van der Waals surface area (Å²) in [6, 6.07) is 12.0. The number of nitrogen functional groups attached to an aromatic ring is 1. The summed E-state index contributed by atoms with van der Waals surface area (Å²) in [5, 5.41) is 24.8. The molecule has 11 heteroatoms. The fourth-order valence-corrected chi connectivity index (χ4v) is 4.41. The Kier molecular flexibility index (Phi) is 6.44. The smallest absolute Gasteiger partial charge is 0.199 e. The molecular formula is C22H27ClN6O4. The number of tetrazole rings is 1. The van der Waals surface area contributed by atoms with E-state index in [9.17, 15) is 5.11 Å². The number of aryl methyl sites for hydroxylation is 1. The van der Waals surface area contributed by atoms with Crippen molar-refractivity contribution in [1.82, 2.24) is 20.2 Å². The minimum Gasteiger partial charge on any atom is -0.479 e. The van der Waals surface area contributed by atoms with Crippen LogP contribution in [-0.2, 0) is 23.1 Å². The molecule has 3 aromatic rings. The van der Waals surface area contributed by atoms with E-state index < -0.39 is 24.0 Å². The second-order valence-electron chi connectivity index (χ2n) is 8.08. The van der Waals surface area contributed by atoms with Gasteiger partial charge >= 0.3 is 0 Å². The number of anilines is 2. The molecule has 0 aliphatic carbocycles. The lowest BCUT2D eigenvalue weighted by Crippen LogP contribution is -2.62. The Morgan fingerprint density at radius 1 is 1.24 bits per heavy atom. The summed E-state index contributed by atoms with van der Waals surface area (Å²) in [7, 11) is 4.70. The van der Waals surface area contributed by atoms with E-state index in [-0.39, 0.29) is 6.54 Å². The van der Waals surface area contributed by atoms with Gasteiger partial charge in [-0.05, 0) is 54.6 Å². The fourth-order valence-electron chi connectivity index (χ4n) is 4.28. The Bertz CT molecular complexity index is 1110. The largest absolute Gasteiger partial charge is 0.479 e. The maximum absolute atomic E-state index is 11.8. The molecule has 10 nitrogen and oxygen atoms in total. The molecule has 1 aliphatic rings. The van der Waals surface area contributed by atoms with Crippen molar-refractivity contribution in [3.63, 3.8) is 0 Å². The normalized spacial score (nSPS) is 22.2. The highest BCUT2D eigenvalue weighted by molar-refractivity contribution is 6.30. The molecule has 1 aromatic heterocycles. The Morgan fingerprint density at radius 3 is 2.55 bits per heavy atom. The van der Waals surface area contributed by atoms with Crippen molar-refractivity contribution < 1.29 is 19.3 Å². The molecule has 0 fully saturated rings. The van der Waals surface area contributed by atoms with Crippen LogP contribution in [0.5, 0.6) is 5.75 Å². The number of nitrogens with zero attached hydrogens (tertiary/aromatic N) is 5. The number of aliphatic hydroxyl groups excluding tert-OH is 1. The zero-order valence-corrected chi connectivity index (χ0v) is 19.6. The molecule has 0 radical (unpaired) electrons. The summed E-state index contributed by atoms with van der Waals surface area (Å²) in [6.45, 7) is 2.01. The van der Waals surface area contributed by atoms with Crippen molar-refractivity contribution in [2.45, 2.75) is 37.5 Å². The molecule has 0 saturated carbocycles. The Morgan fingerprint density at radius 2 is 1.94 bits per heavy atom. The Labute approximate surface area is 196 Å². The Hall–Kier alpha value is -2.92. The van der Waals surface area contributed by atoms with Crippen molar-refractivity contribution in [2.24, 2.45) is 7.05 Å². The van der Waals surface area contributed by atoms with E-state index in [0.29, 0.717) is 27.8 Å². The lowest BCUT2D eigenvalue weighted by molar-refractivity contribution is -0.237. The maximum Gasteiger partial charge on any atom is 0.199 e. The SMILES string of the molecule is COC(OC)[C@]1(C)Oc2ccc(N)cc2[C@@H](N(Cc2nnn(C)n2)c2ccc(Cl)cc2)[C@H]1O. The number of methoxy groups -OCH3 is 2. The van der Waals surface area contributed by atoms with Gasteiger partial charge in [0.05, 0.1) is 19.6 Å². The van der Waals surface area contributed by atoms with E-state index in [4.69, 9.17) is 31.5 Å². The molecule has 0 unspecified atom stereocenters. The van der Waals surface area contributed by atoms with E-state index in [1.54, 1.807) is 44.3 Å². The average Bonchev–Trinajstić information content (AvgIpc) is 3.20. The fraction of sp³-hybridized carbons (Fsp3) is 0.409. The maximum atomic E-state index is 11.8. The third-order valence-corrected chi connectivity index (χ3v) is 6.07. The lowest BCUT2D eigenvalue weighted by Gasteiger charge is -2.49. The van der Waals surface area contributed by atoms with Crippen LogP contribution in [-0.4, -0.2) is 57.5 Å². The topological polar surface area (TPSA) is 121 Å². The van der Waals surface area contributed by atoms with Crippen molar-refractivity contribution in [3.05, 3.63) is 58.9 Å². The van der Waals surface area contributed by atoms with Crippen LogP contribution < -0.4 is 15.4 Å². The lowest BCUT2D eigenvalue weighted by atomic mass is 9.83. The van der Waals surface area contributed by atoms with Gasteiger partial charge in [0.15, 0.2) is 17.7 Å². The third kappa shape index (κ3) is 4.34. The number of rotatable bonds is 7. The average molecular weight is 475 g/mol. The third-order valence-electron chi connectivity index (χ3n) is 5.82. The standard InChI is InChI=1S/C22H27ClN6O4/c1-22(21(31-3)32-4)20(30)19(16-11-14(24)7-10-17(16)33-22)29(12-18-25-27-28(2)26-18)15-8-5-13(23)6-9-15/h5-11,19-21,30H,12,24H2,1-4H3/t19-,20-,22-/m1/s1. The van der Waals surface area contributed by atoms with Crippen LogP contribution in [0.4, 0.5) is 11.4 Å². The summed E-state index contributed by atoms with van der Waals surface area (Å²) < 4.78 is 17.3. The van der Waals surface area contributed by atoms with Gasteiger partial charge in [-0.15, -0.1) is 10.2 Å². The molecular weight excluding hydrogens is 448 g/mol. The first-order chi connectivity index (χ1) is 15.8. The van der Waals surface area contributed by atoms with Crippen LogP contribution in [0.25, 0.3) is 0 Å². The van der Waals surface area contributed by atoms with E-state index >= 15 is 0 Å². The number of aromatic nitrogens is 4. The summed E-state index contributed by atoms with van der Waals surface area (Å²) in [5.41, 5.74) is 6.93. The molecule has 0 saturated heterocycles. The summed E-state index contributed by atoms with van der Waals surface area (Å²) in [4.78, 5) is 3.36. The van der Waals surface area contributed by atoms with Gasteiger partial charge in [-0.3, -0.25) is 0 Å². The molecule has 176 valence electrons. The number of ether oxygens (including phenoxy) is 3. The summed E-state index contributed by atoms with van der Waals surface area (Å²) in [6.07, 6.45) is -1.94. The minimum atomic E-state index is -1.24. The predicted octanol–water partition coefficient (Wildman–Crippen LogP) is 2.32. The van der Waals surface area contributed by atoms with Gasteiger partial charge in [-0.2, -0.15) is 4.80 Å². The molecule has 3 N–H and O–H groups in total. The highest BCUT2D eigenvalue weighted by Crippen LogP contribution is 2.47. The number of aliphatic hydroxyl groups is 1. The molecule has 3 atom stereocenters. The predicted molar refractivity (Wildman–Crippen MR) is 123 cm³/mol. The van der Waals surface area contributed by atoms with Crippen molar-refractivity contribution >= 4 is 23.0 Å². The first-order valence-corrected chi connectivity index (χ1v) is 10.7. The van der Waals surface area contributed by atoms with Crippen molar-refractivity contribution in [1.29, 1.82) is 0 Å². The number of nitrogens with two attached hydrogens (primary N) is 1. The van der Waals surface area contributed by atoms with Crippen LogP contribution in [0.1, 0.15) is 24.4 Å². The van der Waals surface area contributed by atoms with Gasteiger partial charge in [0.25, 0.3) is 0 Å². The highest BCUT2D eigenvalue weighted by atomic mass is 35.5. The summed E-state index contributed by atoms with van der Waals surface area (Å²) >= 11 is 6.15. The number of fused-ring (bicyclic) bond motifs is 1. The van der Waals surface area contributed by atoms with Gasteiger partial charge in [0.1, 0.15) is 11.9 Å². The zero-order valence-electron chi connectivity index (χ0n) is 18.8. The van der Waals surface area contributed by atoms with Gasteiger partial charge in [0.2, 0.25) is 0 Å². The molecule has 0 bridgehead atoms. The molecule has 2 heterocycles. The molecule has 0 spiro atoms. The van der Waals surface area contributed by atoms with Crippen LogP contribution in [0.3, 0.4) is 0 Å². The van der Waals surface area contributed by atoms with Gasteiger partial charge < -0.3 is 30.0 Å². The van der Waals surface area contributed by atoms with E-state index in [1.165, 1.54) is 19.0 Å². The summed E-state index contributed by atoms with van der Waals surface area (Å²) in [5.74, 6) is 1.04. The van der Waals surface area contributed by atoms with E-state index in [1.807, 2.05) is 17.0 Å². The van der Waals surface area contributed by atoms with Crippen LogP contribution in [0.2, 0.25) is 5.02 Å². The number of halogens is 1. The van der Waals surface area contributed by atoms with Crippen LogP contribution in [0, 0.1) is 0 Å². The van der Waals surface area contributed by atoms with E-state index in [2.05, 4.69) is 15.4 Å². The minimum absolute atomic E-state index is 0.256. The van der Waals surface area contributed by atoms with Crippen LogP contribution >= 0.6 is 11.6 Å². The molecule has 4 rings (SSSR count). The Balaban J connectivity index is 1.89.